The van der Waals surface area contributed by atoms with E-state index in [4.69, 9.17) is 49.8 Å². The molecule has 0 unspecified atom stereocenters. The van der Waals surface area contributed by atoms with E-state index in [1.54, 1.807) is 6.07 Å². The van der Waals surface area contributed by atoms with E-state index in [-0.39, 0.29) is 21.6 Å². The molecule has 0 aliphatic carbocycles. The Kier molecular flexibility index (Phi) is 11.4. The third kappa shape index (κ3) is 8.74. The average Bonchev–Trinajstić information content (AvgIpc) is 2.85. The maximum absolute atomic E-state index is 13.7. The van der Waals surface area contributed by atoms with Crippen LogP contribution in [0.2, 0.25) is 15.1 Å². The van der Waals surface area contributed by atoms with Crippen LogP contribution in [0.5, 0.6) is 17.2 Å². The fourth-order valence-electron chi connectivity index (χ4n) is 2.97. The van der Waals surface area contributed by atoms with Crippen LogP contribution >= 0.6 is 34.8 Å². The molecule has 4 rings (SSSR count). The summed E-state index contributed by atoms with van der Waals surface area (Å²) in [5, 5.41) is 31.0. The second-order valence-corrected chi connectivity index (χ2v) is 8.50. The maximum atomic E-state index is 13.7. The molecule has 14 heteroatoms. The molecule has 0 bridgehead atoms. The van der Waals surface area contributed by atoms with E-state index in [1.165, 1.54) is 19.2 Å². The number of nitro groups is 1. The molecule has 200 valence electrons. The van der Waals surface area contributed by atoms with Crippen molar-refractivity contribution in [1.29, 1.82) is 0 Å². The summed E-state index contributed by atoms with van der Waals surface area (Å²) in [4.78, 5) is 11.1. The van der Waals surface area contributed by atoms with Crippen LogP contribution in [0.25, 0.3) is 0 Å². The normalized spacial score (nSPS) is 12.6. The molecule has 37 heavy (non-hydrogen) atoms. The Bertz CT molecular complexity index is 1250. The molecule has 3 N–H and O–H groups in total. The van der Waals surface area contributed by atoms with Gasteiger partial charge in [0.05, 0.1) is 38.9 Å². The van der Waals surface area contributed by atoms with Crippen LogP contribution in [0.3, 0.4) is 0 Å². The number of nitro benzene ring substituents is 1. The smallest absolute Gasteiger partial charge is 0.308 e. The van der Waals surface area contributed by atoms with E-state index >= 15 is 0 Å². The maximum Gasteiger partial charge on any atom is 0.308 e. The first kappa shape index (κ1) is 30.1. The minimum absolute atomic E-state index is 0.0370. The summed E-state index contributed by atoms with van der Waals surface area (Å²) in [6.45, 7) is 3.32. The lowest BCUT2D eigenvalue weighted by molar-refractivity contribution is -0.387. The SMILES string of the molecule is COc1cc(N2CCNCC2)c(F)cc1Cl.O=[N+]([O-])c1cc(O)c(Cl)cc1F.Oc1ccc(F)cc1Cl. The zero-order chi connectivity index (χ0) is 27.7. The van der Waals surface area contributed by atoms with Gasteiger partial charge in [-0.05, 0) is 24.3 Å². The third-order valence-electron chi connectivity index (χ3n) is 4.80. The van der Waals surface area contributed by atoms with Crippen LogP contribution in [0.15, 0.2) is 42.5 Å². The van der Waals surface area contributed by atoms with Crippen LogP contribution in [-0.4, -0.2) is 48.4 Å². The number of rotatable bonds is 3. The van der Waals surface area contributed by atoms with E-state index in [9.17, 15) is 23.3 Å². The van der Waals surface area contributed by atoms with Crippen LogP contribution in [0.4, 0.5) is 24.5 Å². The molecular weight excluding hydrogens is 562 g/mol. The number of methoxy groups -OCH3 is 1. The van der Waals surface area contributed by atoms with Gasteiger partial charge < -0.3 is 25.2 Å². The number of phenols is 2. The van der Waals surface area contributed by atoms with Gasteiger partial charge in [-0.3, -0.25) is 10.1 Å². The van der Waals surface area contributed by atoms with Crippen molar-refractivity contribution in [2.24, 2.45) is 0 Å². The van der Waals surface area contributed by atoms with E-state index < -0.39 is 28.0 Å². The lowest BCUT2D eigenvalue weighted by Crippen LogP contribution is -2.43. The number of nitrogens with one attached hydrogen (secondary N) is 1. The highest BCUT2D eigenvalue weighted by Crippen LogP contribution is 2.32. The third-order valence-corrected chi connectivity index (χ3v) is 5.70. The van der Waals surface area contributed by atoms with Gasteiger partial charge in [-0.1, -0.05) is 34.8 Å². The molecule has 1 aliphatic rings. The van der Waals surface area contributed by atoms with Crippen molar-refractivity contribution < 1.29 is 33.0 Å². The van der Waals surface area contributed by atoms with Crippen molar-refractivity contribution in [2.45, 2.75) is 0 Å². The fourth-order valence-corrected chi connectivity index (χ4v) is 3.52. The Morgan fingerprint density at radius 2 is 1.51 bits per heavy atom. The zero-order valence-corrected chi connectivity index (χ0v) is 21.4. The first-order valence-corrected chi connectivity index (χ1v) is 11.5. The number of piperazine rings is 1. The summed E-state index contributed by atoms with van der Waals surface area (Å²) in [5.74, 6) is -1.91. The number of benzene rings is 3. The minimum atomic E-state index is -1.07. The molecule has 0 atom stereocenters. The van der Waals surface area contributed by atoms with E-state index in [1.807, 2.05) is 4.90 Å². The summed E-state index contributed by atoms with van der Waals surface area (Å²) in [6.07, 6.45) is 0. The highest BCUT2D eigenvalue weighted by molar-refractivity contribution is 6.32. The van der Waals surface area contributed by atoms with Gasteiger partial charge in [0, 0.05) is 38.3 Å². The number of hydrogen-bond donors (Lipinski definition) is 3. The van der Waals surface area contributed by atoms with E-state index in [0.717, 1.165) is 38.3 Å². The molecule has 3 aromatic carbocycles. The molecule has 8 nitrogen and oxygen atoms in total. The Labute approximate surface area is 224 Å². The molecule has 1 saturated heterocycles. The summed E-state index contributed by atoms with van der Waals surface area (Å²) in [7, 11) is 1.53. The lowest BCUT2D eigenvalue weighted by atomic mass is 10.2. The molecule has 1 aliphatic heterocycles. The molecule has 1 heterocycles. The number of nitrogens with zero attached hydrogens (tertiary/aromatic N) is 2. The Morgan fingerprint density at radius 3 is 2.05 bits per heavy atom. The highest BCUT2D eigenvalue weighted by atomic mass is 35.5. The van der Waals surface area contributed by atoms with Crippen LogP contribution < -0.4 is 15.0 Å². The topological polar surface area (TPSA) is 108 Å². The zero-order valence-electron chi connectivity index (χ0n) is 19.2. The van der Waals surface area contributed by atoms with Crippen molar-refractivity contribution in [3.63, 3.8) is 0 Å². The number of hydrogen-bond acceptors (Lipinski definition) is 7. The highest BCUT2D eigenvalue weighted by Gasteiger charge is 2.18. The predicted molar refractivity (Wildman–Crippen MR) is 136 cm³/mol. The van der Waals surface area contributed by atoms with Crippen molar-refractivity contribution in [3.8, 4) is 17.2 Å². The quantitative estimate of drug-likeness (QED) is 0.250. The van der Waals surface area contributed by atoms with E-state index in [0.29, 0.717) is 28.6 Å². The first-order valence-electron chi connectivity index (χ1n) is 10.4. The molecule has 0 saturated carbocycles. The van der Waals surface area contributed by atoms with Gasteiger partial charge in [0.1, 0.15) is 28.9 Å². The van der Waals surface area contributed by atoms with Gasteiger partial charge in [0.15, 0.2) is 0 Å². The molecule has 0 spiro atoms. The van der Waals surface area contributed by atoms with Gasteiger partial charge in [0.25, 0.3) is 0 Å². The Hall–Kier alpha value is -3.12. The number of ether oxygens (including phenoxy) is 1. The summed E-state index contributed by atoms with van der Waals surface area (Å²) in [5.41, 5.74) is -0.236. The number of halogens is 6. The molecule has 0 aromatic heterocycles. The Morgan fingerprint density at radius 1 is 0.919 bits per heavy atom. The van der Waals surface area contributed by atoms with Gasteiger partial charge in [0.2, 0.25) is 5.82 Å². The van der Waals surface area contributed by atoms with Gasteiger partial charge in [-0.25, -0.2) is 8.78 Å². The van der Waals surface area contributed by atoms with Crippen LogP contribution in [-0.2, 0) is 0 Å². The van der Waals surface area contributed by atoms with E-state index in [2.05, 4.69) is 5.32 Å². The van der Waals surface area contributed by atoms with Crippen molar-refractivity contribution >= 4 is 46.2 Å². The fraction of sp³-hybridized carbons (Fsp3) is 0.217. The molecular formula is C23H21Cl3F3N3O5. The molecule has 1 fully saturated rings. The number of aromatic hydroxyl groups is 2. The van der Waals surface area contributed by atoms with Crippen molar-refractivity contribution in [2.75, 3.05) is 38.2 Å². The van der Waals surface area contributed by atoms with Gasteiger partial charge in [-0.2, -0.15) is 4.39 Å². The monoisotopic (exact) mass is 581 g/mol. The second-order valence-electron chi connectivity index (χ2n) is 7.28. The van der Waals surface area contributed by atoms with Gasteiger partial charge in [-0.15, -0.1) is 0 Å². The number of anilines is 1. The van der Waals surface area contributed by atoms with Crippen molar-refractivity contribution in [3.05, 3.63) is 85.1 Å². The van der Waals surface area contributed by atoms with Gasteiger partial charge >= 0.3 is 5.69 Å². The molecule has 0 radical (unpaired) electrons. The Balaban J connectivity index is 0.000000204. The summed E-state index contributed by atoms with van der Waals surface area (Å²) >= 11 is 16.4. The van der Waals surface area contributed by atoms with Crippen LogP contribution in [0.1, 0.15) is 0 Å². The number of phenolic OH excluding ortho intramolecular Hbond substituents is 2. The molecule has 3 aromatic rings. The summed E-state index contributed by atoms with van der Waals surface area (Å²) in [6, 6.07) is 7.71. The second kappa shape index (κ2) is 14.0. The van der Waals surface area contributed by atoms with Crippen LogP contribution in [0, 0.1) is 27.6 Å². The summed E-state index contributed by atoms with van der Waals surface area (Å²) < 4.78 is 43.6. The van der Waals surface area contributed by atoms with Crippen molar-refractivity contribution in [1.82, 2.24) is 5.32 Å². The lowest BCUT2D eigenvalue weighted by Gasteiger charge is -2.30. The average molecular weight is 583 g/mol. The largest absolute Gasteiger partial charge is 0.506 e. The predicted octanol–water partition coefficient (Wildman–Crippen LogP) is 6.17. The molecule has 0 amide bonds. The standard InChI is InChI=1S/C11H14ClFN2O.C6H3ClFNO3.C6H4ClFO/c1-16-11-7-10(9(13)6-8(11)12)15-4-2-14-3-5-15;7-3-1-4(8)5(9(11)12)2-6(3)10;7-5-3-4(8)1-2-6(5)9/h6-7,14H,2-5H2,1H3;1-2,10H;1-3,9H. The first-order chi connectivity index (χ1) is 17.4. The minimum Gasteiger partial charge on any atom is -0.506 e.